The highest BCUT2D eigenvalue weighted by Crippen LogP contribution is 2.42. The van der Waals surface area contributed by atoms with Crippen molar-refractivity contribution in [1.82, 2.24) is 5.32 Å². The van der Waals surface area contributed by atoms with Gasteiger partial charge in [0, 0.05) is 12.1 Å². The average molecular weight is 277 g/mol. The molecule has 0 fully saturated rings. The van der Waals surface area contributed by atoms with Gasteiger partial charge in [0.1, 0.15) is 11.4 Å². The van der Waals surface area contributed by atoms with Crippen LogP contribution in [0.2, 0.25) is 0 Å². The summed E-state index contributed by atoms with van der Waals surface area (Å²) in [5.74, 6) is 1.42. The van der Waals surface area contributed by atoms with Crippen LogP contribution in [0.3, 0.4) is 0 Å². The summed E-state index contributed by atoms with van der Waals surface area (Å²) in [4.78, 5) is 0. The lowest BCUT2D eigenvalue weighted by molar-refractivity contribution is 0.0243. The molecule has 1 aromatic rings. The third-order valence-electron chi connectivity index (χ3n) is 3.83. The number of nitrogens with one attached hydrogen (secondary N) is 1. The maximum atomic E-state index is 10.5. The minimum absolute atomic E-state index is 0.109. The van der Waals surface area contributed by atoms with Crippen LogP contribution in [-0.2, 0) is 0 Å². The Hall–Kier alpha value is -1.06. The number of ether oxygens (including phenoxy) is 1. The Labute approximate surface area is 122 Å². The molecule has 0 amide bonds. The summed E-state index contributed by atoms with van der Waals surface area (Å²) < 4.78 is 6.01. The van der Waals surface area contributed by atoms with E-state index in [0.29, 0.717) is 12.5 Å². The largest absolute Gasteiger partial charge is 0.486 e. The molecular weight excluding hydrogens is 250 g/mol. The molecule has 0 aliphatic carbocycles. The van der Waals surface area contributed by atoms with E-state index in [4.69, 9.17) is 4.74 Å². The summed E-state index contributed by atoms with van der Waals surface area (Å²) in [6, 6.07) is 8.23. The zero-order valence-electron chi connectivity index (χ0n) is 13.2. The Morgan fingerprint density at radius 2 is 2.00 bits per heavy atom. The molecule has 0 bridgehead atoms. The van der Waals surface area contributed by atoms with Crippen molar-refractivity contribution in [2.75, 3.05) is 6.54 Å². The first-order chi connectivity index (χ1) is 9.21. The van der Waals surface area contributed by atoms with Gasteiger partial charge in [-0.25, -0.2) is 0 Å². The van der Waals surface area contributed by atoms with Gasteiger partial charge in [-0.05, 0) is 39.2 Å². The molecule has 1 aromatic carbocycles. The average Bonchev–Trinajstić information content (AvgIpc) is 2.54. The van der Waals surface area contributed by atoms with Crippen LogP contribution in [0, 0.1) is 5.92 Å². The highest BCUT2D eigenvalue weighted by atomic mass is 16.5. The minimum atomic E-state index is -0.693. The second-order valence-electron chi connectivity index (χ2n) is 7.15. The van der Waals surface area contributed by atoms with Crippen LogP contribution >= 0.6 is 0 Å². The molecule has 0 saturated heterocycles. The van der Waals surface area contributed by atoms with E-state index in [-0.39, 0.29) is 11.6 Å². The summed E-state index contributed by atoms with van der Waals surface area (Å²) in [5, 5.41) is 14.0. The number of hydrogen-bond donors (Lipinski definition) is 2. The molecule has 112 valence electrons. The molecule has 2 rings (SSSR count). The molecule has 0 aromatic heterocycles. The molecule has 1 aliphatic heterocycles. The predicted octanol–water partition coefficient (Wildman–Crippen LogP) is 3.29. The Morgan fingerprint density at radius 1 is 1.35 bits per heavy atom. The summed E-state index contributed by atoms with van der Waals surface area (Å²) in [6.07, 6.45) is 0.787. The highest BCUT2D eigenvalue weighted by Gasteiger charge is 2.41. The third-order valence-corrected chi connectivity index (χ3v) is 3.83. The summed E-state index contributed by atoms with van der Waals surface area (Å²) >= 11 is 0. The van der Waals surface area contributed by atoms with Crippen molar-refractivity contribution in [2.45, 2.75) is 58.3 Å². The summed E-state index contributed by atoms with van der Waals surface area (Å²) in [7, 11) is 0. The number of para-hydroxylation sites is 1. The van der Waals surface area contributed by atoms with Crippen molar-refractivity contribution in [3.05, 3.63) is 29.8 Å². The lowest BCUT2D eigenvalue weighted by atomic mass is 9.91. The summed E-state index contributed by atoms with van der Waals surface area (Å²) in [6.45, 7) is 10.9. The van der Waals surface area contributed by atoms with Gasteiger partial charge in [0.05, 0.1) is 11.6 Å². The molecule has 0 radical (unpaired) electrons. The van der Waals surface area contributed by atoms with E-state index in [0.717, 1.165) is 12.2 Å². The van der Waals surface area contributed by atoms with Gasteiger partial charge in [-0.1, -0.05) is 32.0 Å². The molecule has 1 aliphatic rings. The van der Waals surface area contributed by atoms with E-state index in [1.54, 1.807) is 0 Å². The molecule has 2 N–H and O–H groups in total. The van der Waals surface area contributed by atoms with E-state index in [2.05, 4.69) is 39.1 Å². The number of rotatable bonds is 5. The monoisotopic (exact) mass is 277 g/mol. The van der Waals surface area contributed by atoms with Gasteiger partial charge in [-0.3, -0.25) is 0 Å². The highest BCUT2D eigenvalue weighted by molar-refractivity contribution is 5.42. The first kappa shape index (κ1) is 15.3. The van der Waals surface area contributed by atoms with E-state index < -0.39 is 5.60 Å². The molecule has 2 unspecified atom stereocenters. The zero-order valence-corrected chi connectivity index (χ0v) is 13.2. The van der Waals surface area contributed by atoms with Crippen molar-refractivity contribution in [3.63, 3.8) is 0 Å². The van der Waals surface area contributed by atoms with Gasteiger partial charge >= 0.3 is 0 Å². The molecule has 0 saturated carbocycles. The van der Waals surface area contributed by atoms with Crippen molar-refractivity contribution >= 4 is 0 Å². The second-order valence-corrected chi connectivity index (χ2v) is 7.15. The third kappa shape index (κ3) is 3.33. The van der Waals surface area contributed by atoms with Crippen molar-refractivity contribution in [3.8, 4) is 5.75 Å². The van der Waals surface area contributed by atoms with Crippen LogP contribution in [0.4, 0.5) is 0 Å². The van der Waals surface area contributed by atoms with Crippen LogP contribution in [0.25, 0.3) is 0 Å². The number of aliphatic hydroxyl groups is 1. The maximum absolute atomic E-state index is 10.5. The fourth-order valence-corrected chi connectivity index (χ4v) is 3.16. The van der Waals surface area contributed by atoms with Crippen molar-refractivity contribution in [1.29, 1.82) is 0 Å². The predicted molar refractivity (Wildman–Crippen MR) is 82.0 cm³/mol. The van der Waals surface area contributed by atoms with Gasteiger partial charge in [0.15, 0.2) is 0 Å². The lowest BCUT2D eigenvalue weighted by Crippen LogP contribution is -2.46. The van der Waals surface area contributed by atoms with Crippen molar-refractivity contribution in [2.24, 2.45) is 5.92 Å². The normalized spacial score (nSPS) is 23.2. The smallest absolute Gasteiger partial charge is 0.125 e. The fourth-order valence-electron chi connectivity index (χ4n) is 3.16. The Bertz CT molecular complexity index is 466. The van der Waals surface area contributed by atoms with E-state index >= 15 is 0 Å². The Kier molecular flexibility index (Phi) is 4.12. The molecule has 20 heavy (non-hydrogen) atoms. The van der Waals surface area contributed by atoms with Gasteiger partial charge in [-0.15, -0.1) is 0 Å². The first-order valence-electron chi connectivity index (χ1n) is 7.45. The van der Waals surface area contributed by atoms with E-state index in [9.17, 15) is 5.11 Å². The molecule has 0 spiro atoms. The van der Waals surface area contributed by atoms with Gasteiger partial charge in [-0.2, -0.15) is 0 Å². The standard InChI is InChI=1S/C17H27NO2/c1-12(2)10-17(5,19)11-18-15-13-8-6-7-9-14(13)20-16(15,3)4/h6-9,12,15,18-19H,10-11H2,1-5H3. The number of hydrogen-bond acceptors (Lipinski definition) is 3. The van der Waals surface area contributed by atoms with Gasteiger partial charge in [0.2, 0.25) is 0 Å². The van der Waals surface area contributed by atoms with E-state index in [1.807, 2.05) is 25.1 Å². The van der Waals surface area contributed by atoms with Gasteiger partial charge in [0.25, 0.3) is 0 Å². The topological polar surface area (TPSA) is 41.5 Å². The Morgan fingerprint density at radius 3 is 2.65 bits per heavy atom. The minimum Gasteiger partial charge on any atom is -0.486 e. The second kappa shape index (κ2) is 5.38. The maximum Gasteiger partial charge on any atom is 0.125 e. The van der Waals surface area contributed by atoms with Crippen LogP contribution in [0.1, 0.15) is 52.6 Å². The van der Waals surface area contributed by atoms with E-state index in [1.165, 1.54) is 5.56 Å². The van der Waals surface area contributed by atoms with Crippen LogP contribution < -0.4 is 10.1 Å². The molecule has 1 heterocycles. The quantitative estimate of drug-likeness (QED) is 0.868. The number of fused-ring (bicyclic) bond motifs is 1. The SMILES string of the molecule is CC(C)CC(C)(O)CNC1c2ccccc2OC1(C)C. The van der Waals surface area contributed by atoms with Crippen molar-refractivity contribution < 1.29 is 9.84 Å². The first-order valence-corrected chi connectivity index (χ1v) is 7.45. The van der Waals surface area contributed by atoms with Crippen LogP contribution in [-0.4, -0.2) is 22.9 Å². The van der Waals surface area contributed by atoms with Crippen LogP contribution in [0.5, 0.6) is 5.75 Å². The molecule has 3 heteroatoms. The van der Waals surface area contributed by atoms with Crippen LogP contribution in [0.15, 0.2) is 24.3 Å². The molecule has 2 atom stereocenters. The molecular formula is C17H27NO2. The lowest BCUT2D eigenvalue weighted by Gasteiger charge is -2.32. The zero-order chi connectivity index (χ0) is 15.0. The Balaban J connectivity index is 2.09. The summed E-state index contributed by atoms with van der Waals surface area (Å²) in [5.41, 5.74) is 0.192. The molecule has 3 nitrogen and oxygen atoms in total. The van der Waals surface area contributed by atoms with Gasteiger partial charge < -0.3 is 15.2 Å². The fraction of sp³-hybridized carbons (Fsp3) is 0.647. The number of benzene rings is 1.